The molecule has 0 aromatic heterocycles. The van der Waals surface area contributed by atoms with Crippen LogP contribution in [0.1, 0.15) is 34.1 Å². The number of carboxylic acids is 1. The Labute approximate surface area is 106 Å². The number of aliphatic imine (C=N–C) groups is 1. The van der Waals surface area contributed by atoms with Crippen molar-refractivity contribution in [3.8, 4) is 0 Å². The number of nitrogens with one attached hydrogen (secondary N) is 1. The lowest BCUT2D eigenvalue weighted by Crippen LogP contribution is -2.58. The highest BCUT2D eigenvalue weighted by Crippen LogP contribution is 2.23. The third-order valence-electron chi connectivity index (χ3n) is 2.85. The predicted molar refractivity (Wildman–Crippen MR) is 66.5 cm³/mol. The Bertz CT molecular complexity index is 378. The Hall–Kier alpha value is -1.59. The molecule has 102 valence electrons. The van der Waals surface area contributed by atoms with Crippen LogP contribution in [0.5, 0.6) is 0 Å². The van der Waals surface area contributed by atoms with Gasteiger partial charge in [0.1, 0.15) is 6.04 Å². The first-order valence-corrected chi connectivity index (χ1v) is 6.05. The van der Waals surface area contributed by atoms with Crippen molar-refractivity contribution in [2.45, 2.75) is 45.7 Å². The van der Waals surface area contributed by atoms with Crippen LogP contribution in [0.2, 0.25) is 0 Å². The molecule has 2 atom stereocenters. The van der Waals surface area contributed by atoms with Crippen LogP contribution in [0.15, 0.2) is 4.99 Å². The summed E-state index contributed by atoms with van der Waals surface area (Å²) in [5.74, 6) is -0.883. The third kappa shape index (κ3) is 3.00. The fourth-order valence-electron chi connectivity index (χ4n) is 1.86. The quantitative estimate of drug-likeness (QED) is 0.779. The Morgan fingerprint density at radius 1 is 1.61 bits per heavy atom. The lowest BCUT2D eigenvalue weighted by Gasteiger charge is -2.35. The van der Waals surface area contributed by atoms with Crippen molar-refractivity contribution in [3.63, 3.8) is 0 Å². The number of carbonyl (C=O) groups is 2. The van der Waals surface area contributed by atoms with Gasteiger partial charge < -0.3 is 15.2 Å². The number of hydrogen-bond donors (Lipinski definition) is 2. The van der Waals surface area contributed by atoms with Gasteiger partial charge in [-0.1, -0.05) is 13.8 Å². The summed E-state index contributed by atoms with van der Waals surface area (Å²) in [6.45, 7) is 7.65. The highest BCUT2D eigenvalue weighted by atomic mass is 16.5. The van der Waals surface area contributed by atoms with Gasteiger partial charge in [0.05, 0.1) is 13.0 Å². The molecule has 1 rings (SSSR count). The highest BCUT2D eigenvalue weighted by Gasteiger charge is 2.43. The lowest BCUT2D eigenvalue weighted by molar-refractivity contribution is -0.142. The monoisotopic (exact) mass is 256 g/mol. The van der Waals surface area contributed by atoms with Crippen LogP contribution in [0.3, 0.4) is 0 Å². The van der Waals surface area contributed by atoms with E-state index >= 15 is 0 Å². The molecule has 0 radical (unpaired) electrons. The average Bonchev–Trinajstić information content (AvgIpc) is 2.22. The van der Waals surface area contributed by atoms with Gasteiger partial charge in [-0.2, -0.15) is 0 Å². The summed E-state index contributed by atoms with van der Waals surface area (Å²) in [5.41, 5.74) is -1.29. The summed E-state index contributed by atoms with van der Waals surface area (Å²) in [5, 5.41) is 11.6. The maximum absolute atomic E-state index is 12.0. The number of carbonyl (C=O) groups excluding carboxylic acids is 1. The molecule has 1 aliphatic rings. The minimum Gasteiger partial charge on any atom is -0.481 e. The molecule has 0 saturated heterocycles. The SMILES string of the molecule is CCOC1=N[C@](C)(CC(=O)O)C(=O)N[C@H]1C(C)C. The molecule has 0 unspecified atom stereocenters. The second-order valence-electron chi connectivity index (χ2n) is 4.92. The van der Waals surface area contributed by atoms with Crippen molar-refractivity contribution < 1.29 is 19.4 Å². The minimum absolute atomic E-state index is 0.133. The first-order valence-electron chi connectivity index (χ1n) is 6.05. The molecule has 0 aromatic carbocycles. The number of carboxylic acid groups (broad SMARTS) is 1. The molecule has 6 nitrogen and oxygen atoms in total. The normalized spacial score (nSPS) is 27.7. The van der Waals surface area contributed by atoms with E-state index in [-0.39, 0.29) is 24.3 Å². The summed E-state index contributed by atoms with van der Waals surface area (Å²) in [7, 11) is 0. The number of aliphatic carboxylic acids is 1. The van der Waals surface area contributed by atoms with Crippen LogP contribution >= 0.6 is 0 Å². The molecular weight excluding hydrogens is 236 g/mol. The molecule has 2 N–H and O–H groups in total. The molecule has 0 spiro atoms. The Balaban J connectivity index is 3.08. The van der Waals surface area contributed by atoms with Crippen LogP contribution in [0, 0.1) is 5.92 Å². The van der Waals surface area contributed by atoms with Crippen molar-refractivity contribution in [2.24, 2.45) is 10.9 Å². The van der Waals surface area contributed by atoms with Gasteiger partial charge in [-0.25, -0.2) is 4.99 Å². The van der Waals surface area contributed by atoms with E-state index in [2.05, 4.69) is 10.3 Å². The van der Waals surface area contributed by atoms with Crippen molar-refractivity contribution in [1.29, 1.82) is 0 Å². The van der Waals surface area contributed by atoms with Crippen molar-refractivity contribution >= 4 is 17.8 Å². The fraction of sp³-hybridized carbons (Fsp3) is 0.750. The van der Waals surface area contributed by atoms with Gasteiger partial charge in [-0.05, 0) is 19.8 Å². The summed E-state index contributed by atoms with van der Waals surface area (Å²) in [4.78, 5) is 27.0. The number of ether oxygens (including phenoxy) is 1. The number of hydrogen-bond acceptors (Lipinski definition) is 4. The van der Waals surface area contributed by atoms with Gasteiger partial charge in [0, 0.05) is 0 Å². The van der Waals surface area contributed by atoms with Crippen LogP contribution in [-0.4, -0.2) is 41.1 Å². The maximum atomic E-state index is 12.0. The average molecular weight is 256 g/mol. The van der Waals surface area contributed by atoms with E-state index in [0.29, 0.717) is 12.5 Å². The van der Waals surface area contributed by atoms with E-state index in [1.807, 2.05) is 20.8 Å². The Kier molecular flexibility index (Phi) is 4.32. The first kappa shape index (κ1) is 14.5. The van der Waals surface area contributed by atoms with Crippen LogP contribution in [0.25, 0.3) is 0 Å². The lowest BCUT2D eigenvalue weighted by atomic mass is 9.92. The molecular formula is C12H20N2O4. The zero-order valence-corrected chi connectivity index (χ0v) is 11.2. The van der Waals surface area contributed by atoms with E-state index in [1.165, 1.54) is 6.92 Å². The fourth-order valence-corrected chi connectivity index (χ4v) is 1.86. The molecule has 0 fully saturated rings. The number of rotatable bonds is 4. The van der Waals surface area contributed by atoms with E-state index in [1.54, 1.807) is 0 Å². The van der Waals surface area contributed by atoms with Gasteiger partial charge in [0.2, 0.25) is 11.8 Å². The Morgan fingerprint density at radius 3 is 2.67 bits per heavy atom. The maximum Gasteiger partial charge on any atom is 0.306 e. The summed E-state index contributed by atoms with van der Waals surface area (Å²) in [6, 6.07) is -0.292. The van der Waals surface area contributed by atoms with Crippen molar-refractivity contribution in [3.05, 3.63) is 0 Å². The standard InChI is InChI=1S/C12H20N2O4/c1-5-18-10-9(7(2)3)13-11(17)12(4,14-10)6-8(15)16/h7,9H,5-6H2,1-4H3,(H,13,17)(H,15,16)/t9-,12+/m0/s1. The topological polar surface area (TPSA) is 88.0 Å². The van der Waals surface area contributed by atoms with E-state index in [4.69, 9.17) is 9.84 Å². The van der Waals surface area contributed by atoms with Gasteiger partial charge in [-0.15, -0.1) is 0 Å². The van der Waals surface area contributed by atoms with Crippen molar-refractivity contribution in [2.75, 3.05) is 6.61 Å². The van der Waals surface area contributed by atoms with Crippen molar-refractivity contribution in [1.82, 2.24) is 5.32 Å². The summed E-state index contributed by atoms with van der Waals surface area (Å²) >= 11 is 0. The van der Waals surface area contributed by atoms with Gasteiger partial charge in [0.25, 0.3) is 0 Å². The molecule has 1 amide bonds. The Morgan fingerprint density at radius 2 is 2.22 bits per heavy atom. The number of amides is 1. The smallest absolute Gasteiger partial charge is 0.306 e. The summed E-state index contributed by atoms with van der Waals surface area (Å²) < 4.78 is 5.42. The van der Waals surface area contributed by atoms with E-state index in [0.717, 1.165) is 0 Å². The molecule has 0 bridgehead atoms. The van der Waals surface area contributed by atoms with Gasteiger partial charge in [0.15, 0.2) is 5.54 Å². The number of nitrogens with zero attached hydrogens (tertiary/aromatic N) is 1. The summed E-state index contributed by atoms with van der Waals surface area (Å²) in [6.07, 6.45) is -0.347. The molecule has 0 aromatic rings. The second kappa shape index (κ2) is 5.37. The van der Waals surface area contributed by atoms with Gasteiger partial charge in [-0.3, -0.25) is 9.59 Å². The third-order valence-corrected chi connectivity index (χ3v) is 2.85. The molecule has 0 aliphatic carbocycles. The minimum atomic E-state index is -1.29. The molecule has 6 heteroatoms. The zero-order valence-electron chi connectivity index (χ0n) is 11.2. The highest BCUT2D eigenvalue weighted by molar-refractivity contribution is 5.99. The second-order valence-corrected chi connectivity index (χ2v) is 4.92. The van der Waals surface area contributed by atoms with Gasteiger partial charge >= 0.3 is 5.97 Å². The predicted octanol–water partition coefficient (Wildman–Crippen LogP) is 0.809. The molecule has 18 heavy (non-hydrogen) atoms. The zero-order chi connectivity index (χ0) is 13.9. The van der Waals surface area contributed by atoms with Crippen LogP contribution in [0.4, 0.5) is 0 Å². The van der Waals surface area contributed by atoms with E-state index < -0.39 is 11.5 Å². The largest absolute Gasteiger partial charge is 0.481 e. The first-order chi connectivity index (χ1) is 8.30. The van der Waals surface area contributed by atoms with E-state index in [9.17, 15) is 9.59 Å². The van der Waals surface area contributed by atoms with Crippen LogP contribution < -0.4 is 5.32 Å². The molecule has 0 saturated carbocycles. The molecule has 1 aliphatic heterocycles. The molecule has 1 heterocycles. The van der Waals surface area contributed by atoms with Crippen LogP contribution in [-0.2, 0) is 14.3 Å².